The molecule has 2 atom stereocenters. The van der Waals surface area contributed by atoms with Gasteiger partial charge in [-0.05, 0) is 31.5 Å². The zero-order chi connectivity index (χ0) is 16.8. The topological polar surface area (TPSA) is 79.5 Å². The van der Waals surface area contributed by atoms with Crippen LogP contribution in [0.4, 0.5) is 0 Å². The van der Waals surface area contributed by atoms with Crippen molar-refractivity contribution >= 4 is 11.9 Å². The minimum atomic E-state index is -0.944. The number of furan rings is 1. The molecule has 0 bridgehead atoms. The zero-order valence-electron chi connectivity index (χ0n) is 13.3. The molecule has 2 N–H and O–H groups in total. The van der Waals surface area contributed by atoms with Crippen LogP contribution in [0.25, 0.3) is 0 Å². The summed E-state index contributed by atoms with van der Waals surface area (Å²) in [5, 5.41) is 12.1. The van der Waals surface area contributed by atoms with Crippen LogP contribution < -0.4 is 5.32 Å². The molecule has 2 rings (SSSR count). The summed E-state index contributed by atoms with van der Waals surface area (Å²) in [4.78, 5) is 23.5. The summed E-state index contributed by atoms with van der Waals surface area (Å²) >= 11 is 0. The first kappa shape index (κ1) is 16.8. The fraction of sp³-hybridized carbons (Fsp3) is 0.333. The highest BCUT2D eigenvalue weighted by Gasteiger charge is 2.26. The Balaban J connectivity index is 2.02. The summed E-state index contributed by atoms with van der Waals surface area (Å²) in [6, 6.07) is 12.3. The van der Waals surface area contributed by atoms with Gasteiger partial charge in [-0.15, -0.1) is 0 Å². The molecule has 1 amide bonds. The summed E-state index contributed by atoms with van der Waals surface area (Å²) in [7, 11) is 0. The molecule has 2 aromatic rings. The van der Waals surface area contributed by atoms with Crippen LogP contribution in [0.1, 0.15) is 36.5 Å². The number of carbonyl (C=O) groups excluding carboxylic acids is 1. The van der Waals surface area contributed by atoms with Crippen molar-refractivity contribution in [2.75, 3.05) is 0 Å². The largest absolute Gasteiger partial charge is 0.481 e. The molecule has 0 spiro atoms. The molecule has 122 valence electrons. The maximum absolute atomic E-state index is 12.2. The van der Waals surface area contributed by atoms with Crippen molar-refractivity contribution in [3.05, 3.63) is 59.5 Å². The van der Waals surface area contributed by atoms with E-state index in [1.807, 2.05) is 49.4 Å². The van der Waals surface area contributed by atoms with Crippen LogP contribution in [0.3, 0.4) is 0 Å². The fourth-order valence-electron chi connectivity index (χ4n) is 2.40. The SMILES string of the molecule is Cc1ccc(CCC(=O)N[C@@H](c2ccccc2)[C@@H](C)C(=O)O)o1. The van der Waals surface area contributed by atoms with Crippen LogP contribution in [0.2, 0.25) is 0 Å². The Morgan fingerprint density at radius 3 is 2.43 bits per heavy atom. The number of carboxylic acid groups (broad SMARTS) is 1. The predicted octanol–water partition coefficient (Wildman–Crippen LogP) is 3.10. The molecular formula is C18H21NO4. The van der Waals surface area contributed by atoms with E-state index in [9.17, 15) is 14.7 Å². The summed E-state index contributed by atoms with van der Waals surface area (Å²) < 4.78 is 5.44. The van der Waals surface area contributed by atoms with Crippen LogP contribution in [0.15, 0.2) is 46.9 Å². The van der Waals surface area contributed by atoms with E-state index >= 15 is 0 Å². The molecule has 0 fully saturated rings. The summed E-state index contributed by atoms with van der Waals surface area (Å²) in [5.41, 5.74) is 0.782. The van der Waals surface area contributed by atoms with Crippen molar-refractivity contribution in [2.45, 2.75) is 32.7 Å². The molecule has 0 aliphatic heterocycles. The highest BCUT2D eigenvalue weighted by atomic mass is 16.4. The van der Waals surface area contributed by atoms with E-state index < -0.39 is 17.9 Å². The number of aliphatic carboxylic acids is 1. The van der Waals surface area contributed by atoms with Crippen molar-refractivity contribution in [1.29, 1.82) is 0 Å². The Morgan fingerprint density at radius 1 is 1.17 bits per heavy atom. The van der Waals surface area contributed by atoms with E-state index in [4.69, 9.17) is 4.42 Å². The first-order valence-electron chi connectivity index (χ1n) is 7.60. The van der Waals surface area contributed by atoms with Gasteiger partial charge in [-0.3, -0.25) is 9.59 Å². The monoisotopic (exact) mass is 315 g/mol. The van der Waals surface area contributed by atoms with E-state index in [1.54, 1.807) is 6.92 Å². The minimum absolute atomic E-state index is 0.194. The summed E-state index contributed by atoms with van der Waals surface area (Å²) in [6.07, 6.45) is 0.741. The molecule has 0 saturated heterocycles. The van der Waals surface area contributed by atoms with Gasteiger partial charge in [0.15, 0.2) is 0 Å². The van der Waals surface area contributed by atoms with Gasteiger partial charge in [-0.2, -0.15) is 0 Å². The first-order valence-corrected chi connectivity index (χ1v) is 7.60. The number of nitrogens with one attached hydrogen (secondary N) is 1. The third-order valence-corrected chi connectivity index (χ3v) is 3.76. The van der Waals surface area contributed by atoms with E-state index in [-0.39, 0.29) is 12.3 Å². The lowest BCUT2D eigenvalue weighted by Gasteiger charge is -2.23. The highest BCUT2D eigenvalue weighted by molar-refractivity contribution is 5.78. The number of carbonyl (C=O) groups is 2. The quantitative estimate of drug-likeness (QED) is 0.823. The Hall–Kier alpha value is -2.56. The number of rotatable bonds is 7. The van der Waals surface area contributed by atoms with Crippen molar-refractivity contribution < 1.29 is 19.1 Å². The van der Waals surface area contributed by atoms with Gasteiger partial charge in [-0.25, -0.2) is 0 Å². The minimum Gasteiger partial charge on any atom is -0.481 e. The Bertz CT molecular complexity index is 663. The van der Waals surface area contributed by atoms with Crippen LogP contribution in [-0.2, 0) is 16.0 Å². The highest BCUT2D eigenvalue weighted by Crippen LogP contribution is 2.22. The lowest BCUT2D eigenvalue weighted by molar-refractivity contribution is -0.142. The van der Waals surface area contributed by atoms with Crippen LogP contribution in [-0.4, -0.2) is 17.0 Å². The summed E-state index contributed by atoms with van der Waals surface area (Å²) in [6.45, 7) is 3.44. The molecular weight excluding hydrogens is 294 g/mol. The van der Waals surface area contributed by atoms with Gasteiger partial charge in [-0.1, -0.05) is 30.3 Å². The molecule has 1 heterocycles. The lowest BCUT2D eigenvalue weighted by Crippen LogP contribution is -2.35. The average Bonchev–Trinajstić information content (AvgIpc) is 2.96. The van der Waals surface area contributed by atoms with E-state index in [0.717, 1.165) is 17.1 Å². The third kappa shape index (κ3) is 4.71. The standard InChI is InChI=1S/C18H21NO4/c1-12-8-9-15(23-12)10-11-16(20)19-17(13(2)18(21)22)14-6-4-3-5-7-14/h3-9,13,17H,10-11H2,1-2H3,(H,19,20)(H,21,22)/t13-,17-/m1/s1. The van der Waals surface area contributed by atoms with Crippen LogP contribution >= 0.6 is 0 Å². The molecule has 0 saturated carbocycles. The van der Waals surface area contributed by atoms with Crippen molar-refractivity contribution in [2.24, 2.45) is 5.92 Å². The smallest absolute Gasteiger partial charge is 0.308 e. The fourth-order valence-corrected chi connectivity index (χ4v) is 2.40. The van der Waals surface area contributed by atoms with Gasteiger partial charge in [0.2, 0.25) is 5.91 Å². The van der Waals surface area contributed by atoms with Gasteiger partial charge in [0.05, 0.1) is 12.0 Å². The molecule has 23 heavy (non-hydrogen) atoms. The van der Waals surface area contributed by atoms with Gasteiger partial charge in [0, 0.05) is 12.8 Å². The Morgan fingerprint density at radius 2 is 1.87 bits per heavy atom. The molecule has 0 aliphatic rings. The van der Waals surface area contributed by atoms with Crippen molar-refractivity contribution in [3.63, 3.8) is 0 Å². The third-order valence-electron chi connectivity index (χ3n) is 3.76. The maximum Gasteiger partial charge on any atom is 0.308 e. The van der Waals surface area contributed by atoms with Crippen molar-refractivity contribution in [3.8, 4) is 0 Å². The van der Waals surface area contributed by atoms with E-state index in [1.165, 1.54) is 0 Å². The van der Waals surface area contributed by atoms with Gasteiger partial charge < -0.3 is 14.8 Å². The molecule has 0 aliphatic carbocycles. The summed E-state index contributed by atoms with van der Waals surface area (Å²) in [5.74, 6) is -0.295. The predicted molar refractivity (Wildman–Crippen MR) is 85.9 cm³/mol. The molecule has 5 nitrogen and oxygen atoms in total. The number of aryl methyl sites for hydroxylation is 2. The second-order valence-corrected chi connectivity index (χ2v) is 5.60. The van der Waals surface area contributed by atoms with Crippen LogP contribution in [0.5, 0.6) is 0 Å². The number of hydrogen-bond acceptors (Lipinski definition) is 3. The number of hydrogen-bond donors (Lipinski definition) is 2. The lowest BCUT2D eigenvalue weighted by atomic mass is 9.94. The van der Waals surface area contributed by atoms with E-state index in [2.05, 4.69) is 5.32 Å². The second-order valence-electron chi connectivity index (χ2n) is 5.60. The number of amides is 1. The Kier molecular flexibility index (Phi) is 5.57. The molecule has 5 heteroatoms. The van der Waals surface area contributed by atoms with Gasteiger partial charge >= 0.3 is 5.97 Å². The average molecular weight is 315 g/mol. The first-order chi connectivity index (χ1) is 11.0. The van der Waals surface area contributed by atoms with Crippen LogP contribution in [0, 0.1) is 12.8 Å². The number of carboxylic acids is 1. The van der Waals surface area contributed by atoms with Gasteiger partial charge in [0.25, 0.3) is 0 Å². The molecule has 1 aromatic carbocycles. The second kappa shape index (κ2) is 7.63. The maximum atomic E-state index is 12.2. The molecule has 0 radical (unpaired) electrons. The van der Waals surface area contributed by atoms with Gasteiger partial charge in [0.1, 0.15) is 11.5 Å². The zero-order valence-corrected chi connectivity index (χ0v) is 13.3. The Labute approximate surface area is 135 Å². The molecule has 1 aromatic heterocycles. The number of benzene rings is 1. The molecule has 0 unspecified atom stereocenters. The normalized spacial score (nSPS) is 13.3. The van der Waals surface area contributed by atoms with E-state index in [0.29, 0.717) is 6.42 Å². The van der Waals surface area contributed by atoms with Crippen molar-refractivity contribution in [1.82, 2.24) is 5.32 Å².